The third kappa shape index (κ3) is 6.06. The van der Waals surface area contributed by atoms with E-state index < -0.39 is 17.8 Å². The lowest BCUT2D eigenvalue weighted by Crippen LogP contribution is -2.54. The van der Waals surface area contributed by atoms with Crippen molar-refractivity contribution in [1.29, 1.82) is 0 Å². The molecule has 1 fully saturated rings. The Balaban J connectivity index is 1.35. The van der Waals surface area contributed by atoms with Gasteiger partial charge in [-0.25, -0.2) is 9.69 Å². The average Bonchev–Trinajstić information content (AvgIpc) is 2.99. The maximum absolute atomic E-state index is 13.3. The number of rotatable bonds is 10. The van der Waals surface area contributed by atoms with Crippen molar-refractivity contribution < 1.29 is 28.6 Å². The van der Waals surface area contributed by atoms with Crippen LogP contribution in [0.2, 0.25) is 0 Å². The van der Waals surface area contributed by atoms with Crippen molar-refractivity contribution in [2.24, 2.45) is 0 Å². The van der Waals surface area contributed by atoms with Crippen LogP contribution in [0.5, 0.6) is 17.2 Å². The minimum absolute atomic E-state index is 0.181. The Morgan fingerprint density at radius 2 is 1.63 bits per heavy atom. The van der Waals surface area contributed by atoms with Gasteiger partial charge in [-0.05, 0) is 70.8 Å². The molecule has 8 heteroatoms. The summed E-state index contributed by atoms with van der Waals surface area (Å²) in [7, 11) is 1.52. The quantitative estimate of drug-likeness (QED) is 0.142. The number of benzene rings is 4. The molecule has 1 saturated heterocycles. The summed E-state index contributed by atoms with van der Waals surface area (Å²) in [6.45, 7) is 2.99. The van der Waals surface area contributed by atoms with E-state index in [1.54, 1.807) is 42.5 Å². The van der Waals surface area contributed by atoms with E-state index in [1.165, 1.54) is 13.2 Å². The zero-order valence-corrected chi connectivity index (χ0v) is 22.9. The zero-order valence-electron chi connectivity index (χ0n) is 22.9. The predicted molar refractivity (Wildman–Crippen MR) is 157 cm³/mol. The summed E-state index contributed by atoms with van der Waals surface area (Å²) in [5.41, 5.74) is 1.71. The largest absolute Gasteiger partial charge is 0.494 e. The maximum atomic E-state index is 13.3. The zero-order chi connectivity index (χ0) is 28.8. The molecule has 1 heterocycles. The number of urea groups is 1. The minimum Gasteiger partial charge on any atom is -0.494 e. The first kappa shape index (κ1) is 27.5. The number of carbonyl (C=O) groups excluding carboxylic acids is 3. The molecule has 1 aliphatic heterocycles. The molecular weight excluding hydrogens is 520 g/mol. The first-order valence-corrected chi connectivity index (χ1v) is 13.4. The second kappa shape index (κ2) is 12.4. The van der Waals surface area contributed by atoms with E-state index in [2.05, 4.69) is 30.4 Å². The number of hydrogen-bond donors (Lipinski definition) is 1. The van der Waals surface area contributed by atoms with Crippen molar-refractivity contribution in [3.8, 4) is 17.2 Å². The number of imide groups is 2. The first-order chi connectivity index (χ1) is 20.0. The molecule has 0 saturated carbocycles. The highest BCUT2D eigenvalue weighted by Crippen LogP contribution is 2.31. The molecule has 1 aliphatic rings. The van der Waals surface area contributed by atoms with Crippen LogP contribution in [0.3, 0.4) is 0 Å². The van der Waals surface area contributed by atoms with Gasteiger partial charge in [0.05, 0.1) is 19.4 Å². The van der Waals surface area contributed by atoms with E-state index in [-0.39, 0.29) is 5.57 Å². The Kier molecular flexibility index (Phi) is 8.29. The Morgan fingerprint density at radius 1 is 0.854 bits per heavy atom. The summed E-state index contributed by atoms with van der Waals surface area (Å²) in [6.07, 6.45) is 3.36. The number of nitrogens with zero attached hydrogens (tertiary/aromatic N) is 1. The molecule has 0 aliphatic carbocycles. The molecule has 4 amide bonds. The molecule has 0 spiro atoms. The van der Waals surface area contributed by atoms with Crippen LogP contribution in [0.15, 0.2) is 90.5 Å². The highest BCUT2D eigenvalue weighted by molar-refractivity contribution is 6.39. The Hall–Kier alpha value is -5.11. The summed E-state index contributed by atoms with van der Waals surface area (Å²) in [5, 5.41) is 4.48. The van der Waals surface area contributed by atoms with Gasteiger partial charge in [-0.3, -0.25) is 14.9 Å². The number of anilines is 1. The van der Waals surface area contributed by atoms with Crippen molar-refractivity contribution in [1.82, 2.24) is 5.32 Å². The number of nitrogens with one attached hydrogen (secondary N) is 1. The lowest BCUT2D eigenvalue weighted by atomic mass is 10.1. The Morgan fingerprint density at radius 3 is 2.41 bits per heavy atom. The fourth-order valence-electron chi connectivity index (χ4n) is 4.55. The molecule has 41 heavy (non-hydrogen) atoms. The van der Waals surface area contributed by atoms with E-state index in [4.69, 9.17) is 14.2 Å². The normalized spacial score (nSPS) is 14.3. The van der Waals surface area contributed by atoms with Crippen LogP contribution in [0, 0.1) is 0 Å². The average molecular weight is 551 g/mol. The van der Waals surface area contributed by atoms with E-state index >= 15 is 0 Å². The van der Waals surface area contributed by atoms with Gasteiger partial charge in [-0.2, -0.15) is 0 Å². The summed E-state index contributed by atoms with van der Waals surface area (Å²) < 4.78 is 17.3. The van der Waals surface area contributed by atoms with Gasteiger partial charge in [0.2, 0.25) is 0 Å². The van der Waals surface area contributed by atoms with Crippen molar-refractivity contribution in [3.63, 3.8) is 0 Å². The van der Waals surface area contributed by atoms with Gasteiger partial charge < -0.3 is 14.2 Å². The summed E-state index contributed by atoms with van der Waals surface area (Å²) in [6, 6.07) is 25.0. The number of ether oxygens (including phenoxy) is 3. The van der Waals surface area contributed by atoms with Crippen molar-refractivity contribution >= 4 is 40.4 Å². The summed E-state index contributed by atoms with van der Waals surface area (Å²) in [4.78, 5) is 39.5. The second-order valence-corrected chi connectivity index (χ2v) is 9.49. The van der Waals surface area contributed by atoms with E-state index in [0.717, 1.165) is 34.1 Å². The Labute approximate surface area is 238 Å². The van der Waals surface area contributed by atoms with Gasteiger partial charge in [-0.15, -0.1) is 0 Å². The number of hydrogen-bond acceptors (Lipinski definition) is 6. The van der Waals surface area contributed by atoms with Crippen LogP contribution in [0.25, 0.3) is 16.8 Å². The molecule has 0 bridgehead atoms. The van der Waals surface area contributed by atoms with Gasteiger partial charge in [0.15, 0.2) is 11.5 Å². The molecule has 4 aromatic carbocycles. The highest BCUT2D eigenvalue weighted by atomic mass is 16.5. The van der Waals surface area contributed by atoms with E-state index in [0.29, 0.717) is 41.7 Å². The smallest absolute Gasteiger partial charge is 0.335 e. The fourth-order valence-corrected chi connectivity index (χ4v) is 4.55. The molecular formula is C33H30N2O6. The van der Waals surface area contributed by atoms with Gasteiger partial charge in [0.1, 0.15) is 17.9 Å². The number of methoxy groups -OCH3 is 1. The van der Waals surface area contributed by atoms with Crippen LogP contribution in [-0.4, -0.2) is 31.6 Å². The number of unbranched alkanes of at least 4 members (excludes halogenated alkanes) is 1. The third-order valence-corrected chi connectivity index (χ3v) is 6.73. The minimum atomic E-state index is -0.813. The molecule has 0 aromatic heterocycles. The molecule has 8 nitrogen and oxygen atoms in total. The lowest BCUT2D eigenvalue weighted by molar-refractivity contribution is -0.122. The number of barbiturate groups is 1. The number of fused-ring (bicyclic) bond motifs is 1. The molecule has 5 rings (SSSR count). The molecule has 0 atom stereocenters. The summed E-state index contributed by atoms with van der Waals surface area (Å²) in [5.74, 6) is 0.0864. The van der Waals surface area contributed by atoms with Crippen LogP contribution in [0.1, 0.15) is 30.9 Å². The second-order valence-electron chi connectivity index (χ2n) is 9.49. The topological polar surface area (TPSA) is 94.2 Å². The fraction of sp³-hybridized carbons (Fsp3) is 0.182. The molecule has 4 aromatic rings. The Bertz CT molecular complexity index is 1620. The monoisotopic (exact) mass is 550 g/mol. The van der Waals surface area contributed by atoms with E-state index in [1.807, 2.05) is 24.3 Å². The van der Waals surface area contributed by atoms with Gasteiger partial charge in [0.25, 0.3) is 11.8 Å². The standard InChI is InChI=1S/C33H30N2O6/c1-3-4-18-40-26-15-13-25(14-16-26)35-32(37)28(31(36)34-33(35)38)19-22-12-17-29(30(20-22)39-2)41-21-24-10-7-9-23-8-5-6-11-27(23)24/h5-17,19-20H,3-4,18,21H2,1-2H3,(H,34,36,38)/b28-19-. The van der Waals surface area contributed by atoms with Crippen LogP contribution in [0.4, 0.5) is 10.5 Å². The van der Waals surface area contributed by atoms with Crippen LogP contribution in [-0.2, 0) is 16.2 Å². The highest BCUT2D eigenvalue weighted by Gasteiger charge is 2.36. The molecule has 0 radical (unpaired) electrons. The molecule has 0 unspecified atom stereocenters. The third-order valence-electron chi connectivity index (χ3n) is 6.73. The van der Waals surface area contributed by atoms with Gasteiger partial charge in [-0.1, -0.05) is 61.9 Å². The predicted octanol–water partition coefficient (Wildman–Crippen LogP) is 6.27. The molecule has 208 valence electrons. The van der Waals surface area contributed by atoms with Gasteiger partial charge in [0, 0.05) is 0 Å². The number of carbonyl (C=O) groups is 3. The number of amides is 4. The van der Waals surface area contributed by atoms with Crippen LogP contribution < -0.4 is 24.4 Å². The lowest BCUT2D eigenvalue weighted by Gasteiger charge is -2.26. The SMILES string of the molecule is CCCCOc1ccc(N2C(=O)NC(=O)/C(=C/c3ccc(OCc4cccc5ccccc45)c(OC)c3)C2=O)cc1. The van der Waals surface area contributed by atoms with Gasteiger partial charge >= 0.3 is 6.03 Å². The van der Waals surface area contributed by atoms with Crippen molar-refractivity contribution in [3.05, 3.63) is 102 Å². The van der Waals surface area contributed by atoms with E-state index in [9.17, 15) is 14.4 Å². The van der Waals surface area contributed by atoms with Crippen molar-refractivity contribution in [2.45, 2.75) is 26.4 Å². The van der Waals surface area contributed by atoms with Crippen molar-refractivity contribution in [2.75, 3.05) is 18.6 Å². The summed E-state index contributed by atoms with van der Waals surface area (Å²) >= 11 is 0. The maximum Gasteiger partial charge on any atom is 0.335 e. The van der Waals surface area contributed by atoms with Crippen LogP contribution >= 0.6 is 0 Å². The first-order valence-electron chi connectivity index (χ1n) is 13.4. The molecule has 1 N–H and O–H groups in total.